The van der Waals surface area contributed by atoms with E-state index in [4.69, 9.17) is 5.14 Å². The van der Waals surface area contributed by atoms with Gasteiger partial charge in [0.05, 0.1) is 4.75 Å². The number of hydrogen-bond donors (Lipinski definition) is 1. The molecule has 2 N–H and O–H groups in total. The van der Waals surface area contributed by atoms with Crippen LogP contribution in [0, 0.1) is 0 Å². The summed E-state index contributed by atoms with van der Waals surface area (Å²) >= 11 is 0. The molecule has 0 saturated carbocycles. The van der Waals surface area contributed by atoms with Gasteiger partial charge in [0.15, 0.2) is 0 Å². The maximum Gasteiger partial charge on any atom is 0.214 e. The first-order valence-corrected chi connectivity index (χ1v) is 4.73. The van der Waals surface area contributed by atoms with E-state index in [2.05, 4.69) is 0 Å². The molecule has 66 valence electrons. The molecule has 0 atom stereocenters. The first-order chi connectivity index (χ1) is 4.67. The Bertz CT molecular complexity index is 253. The lowest BCUT2D eigenvalue weighted by Crippen LogP contribution is -2.39. The van der Waals surface area contributed by atoms with Gasteiger partial charge < -0.3 is 0 Å². The van der Waals surface area contributed by atoms with E-state index in [1.165, 1.54) is 20.8 Å². The van der Waals surface area contributed by atoms with Gasteiger partial charge in [-0.1, -0.05) is 0 Å². The molecule has 0 spiro atoms. The van der Waals surface area contributed by atoms with Crippen molar-refractivity contribution >= 4 is 15.8 Å². The molecule has 4 nitrogen and oxygen atoms in total. The Morgan fingerprint density at radius 3 is 1.91 bits per heavy atom. The second-order valence-corrected chi connectivity index (χ2v) is 5.38. The van der Waals surface area contributed by atoms with Gasteiger partial charge in [-0.2, -0.15) is 0 Å². The second-order valence-electron chi connectivity index (χ2n) is 3.18. The van der Waals surface area contributed by atoms with Crippen LogP contribution in [0.1, 0.15) is 27.2 Å². The van der Waals surface area contributed by atoms with Crippen LogP contribution in [0.3, 0.4) is 0 Å². The summed E-state index contributed by atoms with van der Waals surface area (Å²) in [5.74, 6) is -0.177. The number of hydrogen-bond acceptors (Lipinski definition) is 3. The van der Waals surface area contributed by atoms with E-state index in [-0.39, 0.29) is 12.2 Å². The second kappa shape index (κ2) is 2.91. The van der Waals surface area contributed by atoms with Gasteiger partial charge in [-0.3, -0.25) is 4.79 Å². The third-order valence-corrected chi connectivity index (χ3v) is 3.13. The van der Waals surface area contributed by atoms with Crippen LogP contribution < -0.4 is 5.14 Å². The minimum atomic E-state index is -3.62. The lowest BCUT2D eigenvalue weighted by molar-refractivity contribution is -0.117. The summed E-state index contributed by atoms with van der Waals surface area (Å²) in [5, 5.41) is 4.88. The van der Waals surface area contributed by atoms with E-state index >= 15 is 0 Å². The molecule has 0 aromatic rings. The molecule has 5 heteroatoms. The smallest absolute Gasteiger partial charge is 0.214 e. The average molecular weight is 179 g/mol. The normalized spacial score (nSPS) is 13.1. The van der Waals surface area contributed by atoms with Gasteiger partial charge in [-0.15, -0.1) is 0 Å². The molecule has 0 amide bonds. The summed E-state index contributed by atoms with van der Waals surface area (Å²) < 4.78 is 20.5. The topological polar surface area (TPSA) is 77.2 Å². The van der Waals surface area contributed by atoms with E-state index in [1.54, 1.807) is 0 Å². The largest absolute Gasteiger partial charge is 0.300 e. The Morgan fingerprint density at radius 1 is 1.45 bits per heavy atom. The van der Waals surface area contributed by atoms with Crippen LogP contribution in [0.4, 0.5) is 0 Å². The lowest BCUT2D eigenvalue weighted by Gasteiger charge is -2.19. The number of nitrogens with two attached hydrogens (primary N) is 1. The molecule has 0 aliphatic carbocycles. The van der Waals surface area contributed by atoms with Gasteiger partial charge in [0.1, 0.15) is 5.78 Å². The van der Waals surface area contributed by atoms with E-state index in [0.29, 0.717) is 0 Å². The molecule has 0 aliphatic heterocycles. The summed E-state index contributed by atoms with van der Waals surface area (Å²) in [5.41, 5.74) is 0. The lowest BCUT2D eigenvalue weighted by atomic mass is 10.1. The Hall–Kier alpha value is -0.420. The SMILES string of the molecule is CC(=O)CC(C)(C)S(N)(=O)=O. The van der Waals surface area contributed by atoms with Crippen molar-refractivity contribution in [1.82, 2.24) is 0 Å². The Morgan fingerprint density at radius 2 is 1.82 bits per heavy atom. The molecule has 0 saturated heterocycles. The molecule has 0 unspecified atom stereocenters. The van der Waals surface area contributed by atoms with Crippen LogP contribution in [-0.2, 0) is 14.8 Å². The Labute approximate surface area is 66.8 Å². The molecular formula is C6H13NO3S. The zero-order valence-corrected chi connectivity index (χ0v) is 7.73. The van der Waals surface area contributed by atoms with Crippen LogP contribution in [0.2, 0.25) is 0 Å². The number of ketones is 1. The minimum absolute atomic E-state index is 0.0359. The first kappa shape index (κ1) is 10.6. The third kappa shape index (κ3) is 2.98. The molecule has 0 aliphatic rings. The van der Waals surface area contributed by atoms with E-state index in [0.717, 1.165) is 0 Å². The van der Waals surface area contributed by atoms with Gasteiger partial charge in [0.25, 0.3) is 0 Å². The molecular weight excluding hydrogens is 166 g/mol. The maximum absolute atomic E-state index is 10.8. The van der Waals surface area contributed by atoms with E-state index in [1.807, 2.05) is 0 Å². The highest BCUT2D eigenvalue weighted by Crippen LogP contribution is 2.17. The zero-order valence-electron chi connectivity index (χ0n) is 6.92. The van der Waals surface area contributed by atoms with Crippen molar-refractivity contribution in [1.29, 1.82) is 0 Å². The molecule has 0 bridgehead atoms. The van der Waals surface area contributed by atoms with Crippen molar-refractivity contribution in [2.24, 2.45) is 5.14 Å². The molecule has 0 heterocycles. The third-order valence-electron chi connectivity index (χ3n) is 1.44. The van der Waals surface area contributed by atoms with Crippen LogP contribution in [0.5, 0.6) is 0 Å². The van der Waals surface area contributed by atoms with Crippen LogP contribution in [0.25, 0.3) is 0 Å². The molecule has 11 heavy (non-hydrogen) atoms. The van der Waals surface area contributed by atoms with E-state index in [9.17, 15) is 13.2 Å². The molecule has 0 aromatic carbocycles. The van der Waals surface area contributed by atoms with Gasteiger partial charge in [0.2, 0.25) is 10.0 Å². The zero-order chi connectivity index (χ0) is 9.28. The fourth-order valence-corrected chi connectivity index (χ4v) is 1.10. The molecule has 0 rings (SSSR count). The average Bonchev–Trinajstić information content (AvgIpc) is 1.56. The number of primary sulfonamides is 1. The predicted octanol–water partition coefficient (Wildman–Crippen LogP) is 0.0326. The van der Waals surface area contributed by atoms with Gasteiger partial charge in [-0.05, 0) is 20.8 Å². The number of rotatable bonds is 3. The highest BCUT2D eigenvalue weighted by atomic mass is 32.2. The van der Waals surface area contributed by atoms with Crippen molar-refractivity contribution in [2.75, 3.05) is 0 Å². The number of Topliss-reactive ketones (excluding diaryl/α,β-unsaturated/α-hetero) is 1. The highest BCUT2D eigenvalue weighted by Gasteiger charge is 2.32. The molecule has 0 aromatic heterocycles. The Kier molecular flexibility index (Phi) is 2.79. The van der Waals surface area contributed by atoms with E-state index < -0.39 is 14.8 Å². The molecule has 0 radical (unpaired) electrons. The van der Waals surface area contributed by atoms with Crippen LogP contribution in [-0.4, -0.2) is 18.9 Å². The summed E-state index contributed by atoms with van der Waals surface area (Å²) in [4.78, 5) is 10.6. The van der Waals surface area contributed by atoms with Crippen LogP contribution in [0.15, 0.2) is 0 Å². The first-order valence-electron chi connectivity index (χ1n) is 3.18. The predicted molar refractivity (Wildman–Crippen MR) is 42.5 cm³/mol. The summed E-state index contributed by atoms with van der Waals surface area (Å²) in [6.07, 6.45) is -0.0359. The van der Waals surface area contributed by atoms with Crippen molar-refractivity contribution in [3.05, 3.63) is 0 Å². The van der Waals surface area contributed by atoms with Gasteiger partial charge in [0, 0.05) is 6.42 Å². The molecule has 0 fully saturated rings. The number of sulfonamides is 1. The maximum atomic E-state index is 10.8. The quantitative estimate of drug-likeness (QED) is 0.664. The van der Waals surface area contributed by atoms with Gasteiger partial charge >= 0.3 is 0 Å². The minimum Gasteiger partial charge on any atom is -0.300 e. The summed E-state index contributed by atoms with van der Waals surface area (Å²) in [7, 11) is -3.62. The fourth-order valence-electron chi connectivity index (χ4n) is 0.700. The number of carbonyl (C=O) groups is 1. The monoisotopic (exact) mass is 179 g/mol. The standard InChI is InChI=1S/C6H13NO3S/c1-5(8)4-6(2,3)11(7,9)10/h4H2,1-3H3,(H2,7,9,10). The Balaban J connectivity index is 4.62. The fraction of sp³-hybridized carbons (Fsp3) is 0.833. The van der Waals surface area contributed by atoms with Crippen LogP contribution >= 0.6 is 0 Å². The van der Waals surface area contributed by atoms with Gasteiger partial charge in [-0.25, -0.2) is 13.6 Å². The van der Waals surface area contributed by atoms with Crippen molar-refractivity contribution in [3.63, 3.8) is 0 Å². The van der Waals surface area contributed by atoms with Crippen molar-refractivity contribution in [3.8, 4) is 0 Å². The highest BCUT2D eigenvalue weighted by molar-refractivity contribution is 7.90. The van der Waals surface area contributed by atoms with Crippen molar-refractivity contribution < 1.29 is 13.2 Å². The number of carbonyl (C=O) groups excluding carboxylic acids is 1. The summed E-state index contributed by atoms with van der Waals surface area (Å²) in [6, 6.07) is 0. The van der Waals surface area contributed by atoms with Crippen molar-refractivity contribution in [2.45, 2.75) is 31.9 Å². The summed E-state index contributed by atoms with van der Waals surface area (Å²) in [6.45, 7) is 4.21.